The fourth-order valence-corrected chi connectivity index (χ4v) is 4.04. The standard InChI is InChI=1S/C11H14BrN3O3S/c12-9-5-10(7-14-6-9)19(17,18)15-3-1-8(2-4-15)11(13)16/h5-8H,1-4H2,(H2,13,16). The topological polar surface area (TPSA) is 93.4 Å². The highest BCUT2D eigenvalue weighted by atomic mass is 79.9. The van der Waals surface area contributed by atoms with Crippen molar-refractivity contribution in [1.29, 1.82) is 0 Å². The molecule has 0 bridgehead atoms. The number of carbonyl (C=O) groups is 1. The summed E-state index contributed by atoms with van der Waals surface area (Å²) in [5.74, 6) is -0.590. The highest BCUT2D eigenvalue weighted by Crippen LogP contribution is 2.24. The van der Waals surface area contributed by atoms with Crippen molar-refractivity contribution in [1.82, 2.24) is 9.29 Å². The summed E-state index contributed by atoms with van der Waals surface area (Å²) >= 11 is 3.20. The lowest BCUT2D eigenvalue weighted by Crippen LogP contribution is -2.41. The molecule has 0 aliphatic carbocycles. The first-order valence-corrected chi connectivity index (χ1v) is 8.04. The summed E-state index contributed by atoms with van der Waals surface area (Å²) < 4.78 is 26.7. The van der Waals surface area contributed by atoms with Crippen LogP contribution >= 0.6 is 15.9 Å². The maximum atomic E-state index is 12.4. The number of aromatic nitrogens is 1. The number of hydrogen-bond acceptors (Lipinski definition) is 4. The van der Waals surface area contributed by atoms with Crippen LogP contribution in [0.25, 0.3) is 0 Å². The minimum atomic E-state index is -3.54. The summed E-state index contributed by atoms with van der Waals surface area (Å²) in [5, 5.41) is 0. The van der Waals surface area contributed by atoms with Crippen LogP contribution in [0.1, 0.15) is 12.8 Å². The predicted molar refractivity (Wildman–Crippen MR) is 72.6 cm³/mol. The number of primary amides is 1. The Hall–Kier alpha value is -0.990. The molecule has 1 saturated heterocycles. The third kappa shape index (κ3) is 3.13. The zero-order valence-electron chi connectivity index (χ0n) is 10.1. The lowest BCUT2D eigenvalue weighted by Gasteiger charge is -2.29. The molecule has 1 fully saturated rings. The molecule has 0 aromatic carbocycles. The van der Waals surface area contributed by atoms with Crippen molar-refractivity contribution in [3.63, 3.8) is 0 Å². The van der Waals surface area contributed by atoms with Crippen molar-refractivity contribution in [2.45, 2.75) is 17.7 Å². The molecule has 19 heavy (non-hydrogen) atoms. The van der Waals surface area contributed by atoms with E-state index in [1.807, 2.05) is 0 Å². The van der Waals surface area contributed by atoms with Gasteiger partial charge >= 0.3 is 0 Å². The summed E-state index contributed by atoms with van der Waals surface area (Å²) in [6, 6.07) is 1.52. The summed E-state index contributed by atoms with van der Waals surface area (Å²) in [6.45, 7) is 0.616. The molecular weight excluding hydrogens is 334 g/mol. The summed E-state index contributed by atoms with van der Waals surface area (Å²) in [4.78, 5) is 15.1. The van der Waals surface area contributed by atoms with E-state index in [9.17, 15) is 13.2 Å². The Labute approximate surface area is 120 Å². The van der Waals surface area contributed by atoms with Crippen LogP contribution in [-0.2, 0) is 14.8 Å². The fourth-order valence-electron chi connectivity index (χ4n) is 2.06. The number of carbonyl (C=O) groups excluding carboxylic acids is 1. The molecule has 1 aliphatic heterocycles. The van der Waals surface area contributed by atoms with Gasteiger partial charge in [-0.2, -0.15) is 4.31 Å². The van der Waals surface area contributed by atoms with Crippen LogP contribution in [0.5, 0.6) is 0 Å². The van der Waals surface area contributed by atoms with Gasteiger partial charge in [-0.1, -0.05) is 0 Å². The van der Waals surface area contributed by atoms with E-state index in [1.54, 1.807) is 0 Å². The van der Waals surface area contributed by atoms with Crippen molar-refractivity contribution in [3.05, 3.63) is 22.9 Å². The van der Waals surface area contributed by atoms with Gasteiger partial charge in [0.1, 0.15) is 4.90 Å². The Kier molecular flexibility index (Phi) is 4.22. The number of pyridine rings is 1. The molecular formula is C11H14BrN3O3S. The molecule has 0 unspecified atom stereocenters. The number of hydrogen-bond donors (Lipinski definition) is 1. The summed E-state index contributed by atoms with van der Waals surface area (Å²) in [5.41, 5.74) is 5.23. The largest absolute Gasteiger partial charge is 0.369 e. The second-order valence-corrected chi connectivity index (χ2v) is 7.27. The zero-order valence-corrected chi connectivity index (χ0v) is 12.5. The zero-order chi connectivity index (χ0) is 14.0. The first-order valence-electron chi connectivity index (χ1n) is 5.81. The Bertz CT molecular complexity index is 583. The van der Waals surface area contributed by atoms with Gasteiger partial charge < -0.3 is 5.73 Å². The Morgan fingerprint density at radius 2 is 2.00 bits per heavy atom. The monoisotopic (exact) mass is 347 g/mol. The van der Waals surface area contributed by atoms with Crippen LogP contribution in [0.2, 0.25) is 0 Å². The average molecular weight is 348 g/mol. The van der Waals surface area contributed by atoms with E-state index >= 15 is 0 Å². The molecule has 8 heteroatoms. The molecule has 1 amide bonds. The van der Waals surface area contributed by atoms with E-state index < -0.39 is 10.0 Å². The van der Waals surface area contributed by atoms with Crippen LogP contribution < -0.4 is 5.73 Å². The van der Waals surface area contributed by atoms with E-state index in [-0.39, 0.29) is 16.7 Å². The highest BCUT2D eigenvalue weighted by Gasteiger charge is 2.31. The molecule has 2 heterocycles. The number of sulfonamides is 1. The van der Waals surface area contributed by atoms with Gasteiger partial charge in [-0.3, -0.25) is 9.78 Å². The third-order valence-corrected chi connectivity index (χ3v) is 5.47. The molecule has 0 spiro atoms. The third-order valence-electron chi connectivity index (χ3n) is 3.17. The maximum absolute atomic E-state index is 12.4. The van der Waals surface area contributed by atoms with Gasteiger partial charge in [0.15, 0.2) is 0 Å². The summed E-state index contributed by atoms with van der Waals surface area (Å²) in [7, 11) is -3.54. The van der Waals surface area contributed by atoms with Crippen molar-refractivity contribution >= 4 is 31.9 Å². The molecule has 1 aromatic heterocycles. The fraction of sp³-hybridized carbons (Fsp3) is 0.455. The molecule has 6 nitrogen and oxygen atoms in total. The second kappa shape index (κ2) is 5.56. The smallest absolute Gasteiger partial charge is 0.244 e. The van der Waals surface area contributed by atoms with Crippen LogP contribution in [-0.4, -0.2) is 36.7 Å². The molecule has 1 aromatic rings. The van der Waals surface area contributed by atoms with Crippen LogP contribution in [0.15, 0.2) is 27.8 Å². The molecule has 2 N–H and O–H groups in total. The molecule has 0 saturated carbocycles. The number of rotatable bonds is 3. The quantitative estimate of drug-likeness (QED) is 0.871. The van der Waals surface area contributed by atoms with Crippen LogP contribution in [0, 0.1) is 5.92 Å². The van der Waals surface area contributed by atoms with E-state index in [4.69, 9.17) is 5.73 Å². The van der Waals surface area contributed by atoms with Gasteiger partial charge in [0, 0.05) is 35.9 Å². The van der Waals surface area contributed by atoms with Crippen molar-refractivity contribution in [3.8, 4) is 0 Å². The maximum Gasteiger partial charge on any atom is 0.244 e. The lowest BCUT2D eigenvalue weighted by atomic mass is 9.98. The van der Waals surface area contributed by atoms with E-state index in [0.717, 1.165) is 0 Å². The van der Waals surface area contributed by atoms with Gasteiger partial charge in [0.2, 0.25) is 15.9 Å². The molecule has 0 atom stereocenters. The average Bonchev–Trinajstić information content (AvgIpc) is 2.39. The highest BCUT2D eigenvalue weighted by molar-refractivity contribution is 9.10. The molecule has 1 aliphatic rings. The van der Waals surface area contributed by atoms with E-state index in [0.29, 0.717) is 30.4 Å². The van der Waals surface area contributed by atoms with Gasteiger partial charge in [0.25, 0.3) is 0 Å². The first kappa shape index (κ1) is 14.4. The summed E-state index contributed by atoms with van der Waals surface area (Å²) in [6.07, 6.45) is 3.78. The van der Waals surface area contributed by atoms with Crippen molar-refractivity contribution in [2.24, 2.45) is 11.7 Å². The van der Waals surface area contributed by atoms with Gasteiger partial charge in [0.05, 0.1) is 0 Å². The van der Waals surface area contributed by atoms with E-state index in [2.05, 4.69) is 20.9 Å². The van der Waals surface area contributed by atoms with Gasteiger partial charge in [-0.25, -0.2) is 8.42 Å². The predicted octanol–water partition coefficient (Wildman–Crippen LogP) is 0.730. The number of amides is 1. The lowest BCUT2D eigenvalue weighted by molar-refractivity contribution is -0.122. The second-order valence-electron chi connectivity index (χ2n) is 4.42. The number of nitrogens with two attached hydrogens (primary N) is 1. The van der Waals surface area contributed by atoms with Gasteiger partial charge in [-0.05, 0) is 34.8 Å². The molecule has 0 radical (unpaired) electrons. The van der Waals surface area contributed by atoms with Crippen molar-refractivity contribution < 1.29 is 13.2 Å². The first-order chi connectivity index (χ1) is 8.91. The molecule has 104 valence electrons. The number of piperidine rings is 1. The Balaban J connectivity index is 2.16. The van der Waals surface area contributed by atoms with Crippen LogP contribution in [0.4, 0.5) is 0 Å². The number of halogens is 1. The van der Waals surface area contributed by atoms with Crippen LogP contribution in [0.3, 0.4) is 0 Å². The Morgan fingerprint density at radius 3 is 2.53 bits per heavy atom. The minimum Gasteiger partial charge on any atom is -0.369 e. The number of nitrogens with zero attached hydrogens (tertiary/aromatic N) is 2. The normalized spacial score (nSPS) is 18.4. The Morgan fingerprint density at radius 1 is 1.37 bits per heavy atom. The SMILES string of the molecule is NC(=O)C1CCN(S(=O)(=O)c2cncc(Br)c2)CC1. The van der Waals surface area contributed by atoms with Crippen molar-refractivity contribution in [2.75, 3.05) is 13.1 Å². The van der Waals surface area contributed by atoms with E-state index in [1.165, 1.54) is 22.8 Å². The van der Waals surface area contributed by atoms with Gasteiger partial charge in [-0.15, -0.1) is 0 Å². The minimum absolute atomic E-state index is 0.152. The molecule has 2 rings (SSSR count).